The van der Waals surface area contributed by atoms with Crippen molar-refractivity contribution in [3.8, 4) is 0 Å². The predicted octanol–water partition coefficient (Wildman–Crippen LogP) is 0.774. The van der Waals surface area contributed by atoms with Gasteiger partial charge in [-0.2, -0.15) is 0 Å². The first-order chi connectivity index (χ1) is 9.99. The number of carbonyl (C=O) groups is 1. The number of H-pyrrole nitrogens is 1. The minimum Gasteiger partial charge on any atom is -0.481 e. The lowest BCUT2D eigenvalue weighted by atomic mass is 10.1. The molecule has 110 valence electrons. The van der Waals surface area contributed by atoms with Gasteiger partial charge in [0, 0.05) is 11.8 Å². The number of carboxylic acids is 1. The smallest absolute Gasteiger partial charge is 0.328 e. The van der Waals surface area contributed by atoms with Gasteiger partial charge in [-0.15, -0.1) is 0 Å². The van der Waals surface area contributed by atoms with Gasteiger partial charge in [0.05, 0.1) is 13.0 Å². The molecule has 2 rings (SSSR count). The standard InChI is InChI=1S/C15H16N2O4/c1-2-12-9-17(15(21)16-14(12)20)8-11-5-3-10(4-6-11)7-13(18)19/h3-6,9H,2,7-8H2,1H3,(H,18,19)(H,16,20,21). The van der Waals surface area contributed by atoms with Gasteiger partial charge in [0.25, 0.3) is 5.56 Å². The molecule has 6 nitrogen and oxygen atoms in total. The molecule has 21 heavy (non-hydrogen) atoms. The fourth-order valence-electron chi connectivity index (χ4n) is 2.06. The van der Waals surface area contributed by atoms with Gasteiger partial charge in [-0.05, 0) is 17.5 Å². The Balaban J connectivity index is 2.24. The monoisotopic (exact) mass is 288 g/mol. The van der Waals surface area contributed by atoms with Crippen LogP contribution < -0.4 is 11.2 Å². The second-order valence-electron chi connectivity index (χ2n) is 4.78. The number of hydrogen-bond acceptors (Lipinski definition) is 3. The van der Waals surface area contributed by atoms with Gasteiger partial charge in [0.15, 0.2) is 0 Å². The van der Waals surface area contributed by atoms with E-state index in [1.165, 1.54) is 4.57 Å². The normalized spacial score (nSPS) is 10.5. The lowest BCUT2D eigenvalue weighted by molar-refractivity contribution is -0.136. The first-order valence-electron chi connectivity index (χ1n) is 6.62. The van der Waals surface area contributed by atoms with Gasteiger partial charge < -0.3 is 5.11 Å². The van der Waals surface area contributed by atoms with Crippen molar-refractivity contribution in [3.63, 3.8) is 0 Å². The van der Waals surface area contributed by atoms with Crippen LogP contribution in [-0.4, -0.2) is 20.6 Å². The van der Waals surface area contributed by atoms with Crippen LogP contribution in [0.1, 0.15) is 23.6 Å². The molecule has 0 bridgehead atoms. The molecule has 0 saturated heterocycles. The molecule has 0 amide bonds. The van der Waals surface area contributed by atoms with Crippen LogP contribution >= 0.6 is 0 Å². The van der Waals surface area contributed by atoms with E-state index >= 15 is 0 Å². The average Bonchev–Trinajstić information content (AvgIpc) is 2.43. The molecule has 0 saturated carbocycles. The Hall–Kier alpha value is -2.63. The predicted molar refractivity (Wildman–Crippen MR) is 77.6 cm³/mol. The van der Waals surface area contributed by atoms with Crippen LogP contribution in [0.15, 0.2) is 40.1 Å². The molecule has 1 heterocycles. The molecular weight excluding hydrogens is 272 g/mol. The van der Waals surface area contributed by atoms with E-state index < -0.39 is 11.7 Å². The number of aryl methyl sites for hydroxylation is 1. The zero-order valence-corrected chi connectivity index (χ0v) is 11.6. The highest BCUT2D eigenvalue weighted by atomic mass is 16.4. The highest BCUT2D eigenvalue weighted by Gasteiger charge is 2.05. The van der Waals surface area contributed by atoms with Gasteiger partial charge in [-0.1, -0.05) is 31.2 Å². The summed E-state index contributed by atoms with van der Waals surface area (Å²) < 4.78 is 1.44. The number of carboxylic acid groups (broad SMARTS) is 1. The molecule has 0 unspecified atom stereocenters. The minimum absolute atomic E-state index is 0.0289. The zero-order valence-electron chi connectivity index (χ0n) is 11.6. The summed E-state index contributed by atoms with van der Waals surface area (Å²) in [6.45, 7) is 2.18. The van der Waals surface area contributed by atoms with Crippen LogP contribution in [-0.2, 0) is 24.2 Å². The van der Waals surface area contributed by atoms with Gasteiger partial charge in [-0.25, -0.2) is 4.79 Å². The number of aromatic amines is 1. The van der Waals surface area contributed by atoms with Gasteiger partial charge in [-0.3, -0.25) is 19.1 Å². The first-order valence-corrected chi connectivity index (χ1v) is 6.62. The summed E-state index contributed by atoms with van der Waals surface area (Å²) in [4.78, 5) is 36.2. The molecule has 0 fully saturated rings. The zero-order chi connectivity index (χ0) is 15.4. The van der Waals surface area contributed by atoms with Crippen molar-refractivity contribution in [1.82, 2.24) is 9.55 Å². The molecular formula is C15H16N2O4. The molecule has 1 aromatic heterocycles. The summed E-state index contributed by atoms with van der Waals surface area (Å²) in [7, 11) is 0. The van der Waals surface area contributed by atoms with Crippen molar-refractivity contribution >= 4 is 5.97 Å². The van der Waals surface area contributed by atoms with E-state index in [1.54, 1.807) is 30.5 Å². The third kappa shape index (κ3) is 3.68. The lowest BCUT2D eigenvalue weighted by Gasteiger charge is -2.07. The third-order valence-corrected chi connectivity index (χ3v) is 3.20. The maximum Gasteiger partial charge on any atom is 0.328 e. The fraction of sp³-hybridized carbons (Fsp3) is 0.267. The van der Waals surface area contributed by atoms with Crippen molar-refractivity contribution < 1.29 is 9.90 Å². The summed E-state index contributed by atoms with van der Waals surface area (Å²) in [5.41, 5.74) is 1.31. The van der Waals surface area contributed by atoms with E-state index in [0.29, 0.717) is 24.1 Å². The van der Waals surface area contributed by atoms with Crippen molar-refractivity contribution in [2.45, 2.75) is 26.3 Å². The van der Waals surface area contributed by atoms with Crippen molar-refractivity contribution in [2.75, 3.05) is 0 Å². The summed E-state index contributed by atoms with van der Waals surface area (Å²) >= 11 is 0. The van der Waals surface area contributed by atoms with E-state index in [0.717, 1.165) is 5.56 Å². The number of aliphatic carboxylic acids is 1. The Morgan fingerprint density at radius 1 is 1.19 bits per heavy atom. The van der Waals surface area contributed by atoms with E-state index in [-0.39, 0.29) is 12.0 Å². The molecule has 0 aliphatic heterocycles. The van der Waals surface area contributed by atoms with Gasteiger partial charge >= 0.3 is 11.7 Å². The van der Waals surface area contributed by atoms with E-state index in [4.69, 9.17) is 5.11 Å². The van der Waals surface area contributed by atoms with Crippen LogP contribution in [0, 0.1) is 0 Å². The van der Waals surface area contributed by atoms with Crippen LogP contribution in [0.3, 0.4) is 0 Å². The topological polar surface area (TPSA) is 92.2 Å². The Morgan fingerprint density at radius 2 is 1.81 bits per heavy atom. The number of nitrogens with one attached hydrogen (secondary N) is 1. The van der Waals surface area contributed by atoms with Crippen LogP contribution in [0.2, 0.25) is 0 Å². The van der Waals surface area contributed by atoms with Crippen LogP contribution in [0.5, 0.6) is 0 Å². The molecule has 6 heteroatoms. The molecule has 0 atom stereocenters. The summed E-state index contributed by atoms with van der Waals surface area (Å²) in [5.74, 6) is -0.882. The average molecular weight is 288 g/mol. The highest BCUT2D eigenvalue weighted by molar-refractivity contribution is 5.70. The molecule has 2 aromatic rings. The fourth-order valence-corrected chi connectivity index (χ4v) is 2.06. The van der Waals surface area contributed by atoms with Crippen LogP contribution in [0.25, 0.3) is 0 Å². The second-order valence-corrected chi connectivity index (χ2v) is 4.78. The summed E-state index contributed by atoms with van der Waals surface area (Å²) in [5, 5.41) is 8.71. The number of nitrogens with zero attached hydrogens (tertiary/aromatic N) is 1. The maximum atomic E-state index is 11.8. The number of benzene rings is 1. The quantitative estimate of drug-likeness (QED) is 0.850. The molecule has 2 N–H and O–H groups in total. The van der Waals surface area contributed by atoms with Crippen LogP contribution in [0.4, 0.5) is 0 Å². The molecule has 0 spiro atoms. The van der Waals surface area contributed by atoms with E-state index in [2.05, 4.69) is 4.98 Å². The molecule has 0 radical (unpaired) electrons. The third-order valence-electron chi connectivity index (χ3n) is 3.20. The SMILES string of the molecule is CCc1cn(Cc2ccc(CC(=O)O)cc2)c(=O)[nH]c1=O. The molecule has 0 aliphatic carbocycles. The van der Waals surface area contributed by atoms with E-state index in [1.807, 2.05) is 6.92 Å². The lowest BCUT2D eigenvalue weighted by Crippen LogP contribution is -2.31. The number of rotatable bonds is 5. The van der Waals surface area contributed by atoms with Crippen molar-refractivity contribution in [2.24, 2.45) is 0 Å². The second kappa shape index (κ2) is 6.21. The Bertz CT molecular complexity index is 756. The molecule has 0 aliphatic rings. The Morgan fingerprint density at radius 3 is 2.38 bits per heavy atom. The number of aromatic nitrogens is 2. The number of hydrogen-bond donors (Lipinski definition) is 2. The highest BCUT2D eigenvalue weighted by Crippen LogP contribution is 2.06. The Kier molecular flexibility index (Phi) is 4.37. The summed E-state index contributed by atoms with van der Waals surface area (Å²) in [6, 6.07) is 7.00. The Labute approximate surface area is 120 Å². The minimum atomic E-state index is -0.882. The van der Waals surface area contributed by atoms with Crippen molar-refractivity contribution in [3.05, 3.63) is 68.0 Å². The van der Waals surface area contributed by atoms with Crippen molar-refractivity contribution in [1.29, 1.82) is 0 Å². The largest absolute Gasteiger partial charge is 0.481 e. The maximum absolute atomic E-state index is 11.8. The summed E-state index contributed by atoms with van der Waals surface area (Å²) in [6.07, 6.45) is 2.08. The first kappa shape index (κ1) is 14.8. The van der Waals surface area contributed by atoms with Gasteiger partial charge in [0.1, 0.15) is 0 Å². The molecule has 1 aromatic carbocycles. The van der Waals surface area contributed by atoms with Gasteiger partial charge in [0.2, 0.25) is 0 Å². The van der Waals surface area contributed by atoms with E-state index in [9.17, 15) is 14.4 Å².